The molecule has 1 heterocycles. The molecule has 2 aliphatic rings. The van der Waals surface area contributed by atoms with Crippen molar-refractivity contribution in [2.24, 2.45) is 0 Å². The van der Waals surface area contributed by atoms with Crippen LogP contribution in [0.3, 0.4) is 0 Å². The zero-order chi connectivity index (χ0) is 13.6. The summed E-state index contributed by atoms with van der Waals surface area (Å²) < 4.78 is 0. The highest BCUT2D eigenvalue weighted by Crippen LogP contribution is 2.30. The first kappa shape index (κ1) is 13.3. The molecule has 0 radical (unpaired) electrons. The zero-order valence-corrected chi connectivity index (χ0v) is 11.8. The molecule has 1 aromatic carbocycles. The predicted molar refractivity (Wildman–Crippen MR) is 84.6 cm³/mol. The fourth-order valence-electron chi connectivity index (χ4n) is 2.99. The standard InChI is InChI=1S/C18H22N2/c1-2-5-9-16(8-4-1)18(17-10-6-3-7-11-17)20-14-12-19-13-15-20/h1-4,6-11,18-19H,5,12-15H2. The molecule has 1 atom stereocenters. The molecule has 1 aliphatic heterocycles. The molecule has 1 N–H and O–H groups in total. The second-order valence-electron chi connectivity index (χ2n) is 5.33. The molecule has 104 valence electrons. The molecule has 1 aliphatic carbocycles. The number of benzene rings is 1. The van der Waals surface area contributed by atoms with Gasteiger partial charge in [-0.3, -0.25) is 4.90 Å². The van der Waals surface area contributed by atoms with Crippen molar-refractivity contribution in [1.29, 1.82) is 0 Å². The van der Waals surface area contributed by atoms with Crippen molar-refractivity contribution in [3.05, 3.63) is 71.8 Å². The van der Waals surface area contributed by atoms with Gasteiger partial charge >= 0.3 is 0 Å². The van der Waals surface area contributed by atoms with Gasteiger partial charge < -0.3 is 5.32 Å². The third kappa shape index (κ3) is 3.09. The molecule has 1 saturated heterocycles. The summed E-state index contributed by atoms with van der Waals surface area (Å²) in [6, 6.07) is 11.3. The largest absolute Gasteiger partial charge is 0.314 e. The Morgan fingerprint density at radius 1 is 1.00 bits per heavy atom. The lowest BCUT2D eigenvalue weighted by Gasteiger charge is -2.36. The Balaban J connectivity index is 1.92. The maximum Gasteiger partial charge on any atom is 0.0599 e. The lowest BCUT2D eigenvalue weighted by Crippen LogP contribution is -2.45. The van der Waals surface area contributed by atoms with Crippen molar-refractivity contribution in [2.45, 2.75) is 12.5 Å². The smallest absolute Gasteiger partial charge is 0.0599 e. The molecule has 1 unspecified atom stereocenters. The fraction of sp³-hybridized carbons (Fsp3) is 0.333. The van der Waals surface area contributed by atoms with E-state index < -0.39 is 0 Å². The average molecular weight is 266 g/mol. The van der Waals surface area contributed by atoms with E-state index >= 15 is 0 Å². The van der Waals surface area contributed by atoms with E-state index in [1.165, 1.54) is 11.1 Å². The van der Waals surface area contributed by atoms with Crippen LogP contribution in [0.5, 0.6) is 0 Å². The van der Waals surface area contributed by atoms with Gasteiger partial charge in [-0.05, 0) is 17.6 Å². The highest BCUT2D eigenvalue weighted by Gasteiger charge is 2.24. The van der Waals surface area contributed by atoms with Crippen LogP contribution in [0, 0.1) is 0 Å². The summed E-state index contributed by atoms with van der Waals surface area (Å²) in [4.78, 5) is 2.59. The summed E-state index contributed by atoms with van der Waals surface area (Å²) in [5, 5.41) is 3.44. The maximum atomic E-state index is 3.44. The van der Waals surface area contributed by atoms with E-state index in [1.54, 1.807) is 0 Å². The van der Waals surface area contributed by atoms with Crippen LogP contribution < -0.4 is 5.32 Å². The number of nitrogens with one attached hydrogen (secondary N) is 1. The SMILES string of the molecule is C1=CCC=C(C(c2ccccc2)N2CCNCC2)C=C1. The molecule has 20 heavy (non-hydrogen) atoms. The van der Waals surface area contributed by atoms with Crippen LogP contribution in [0.2, 0.25) is 0 Å². The maximum absolute atomic E-state index is 3.44. The molecule has 1 aromatic rings. The van der Waals surface area contributed by atoms with Gasteiger partial charge in [0.15, 0.2) is 0 Å². The Kier molecular flexibility index (Phi) is 4.46. The van der Waals surface area contributed by atoms with Gasteiger partial charge in [0.1, 0.15) is 0 Å². The third-order valence-electron chi connectivity index (χ3n) is 3.97. The molecule has 3 rings (SSSR count). The number of hydrogen-bond donors (Lipinski definition) is 1. The first-order valence-corrected chi connectivity index (χ1v) is 7.48. The van der Waals surface area contributed by atoms with Gasteiger partial charge in [0, 0.05) is 26.2 Å². The van der Waals surface area contributed by atoms with Crippen LogP contribution in [-0.2, 0) is 0 Å². The number of allylic oxidation sites excluding steroid dienone is 4. The Morgan fingerprint density at radius 2 is 1.80 bits per heavy atom. The van der Waals surface area contributed by atoms with Crippen molar-refractivity contribution < 1.29 is 0 Å². The fourth-order valence-corrected chi connectivity index (χ4v) is 2.99. The Hall–Kier alpha value is -1.64. The summed E-state index contributed by atoms with van der Waals surface area (Å²) in [5.74, 6) is 0. The van der Waals surface area contributed by atoms with Crippen molar-refractivity contribution in [3.8, 4) is 0 Å². The van der Waals surface area contributed by atoms with E-state index in [9.17, 15) is 0 Å². The molecular formula is C18H22N2. The Labute approximate surface area is 121 Å². The van der Waals surface area contributed by atoms with Gasteiger partial charge in [0.2, 0.25) is 0 Å². The molecule has 0 spiro atoms. The van der Waals surface area contributed by atoms with Crippen molar-refractivity contribution in [1.82, 2.24) is 10.2 Å². The zero-order valence-electron chi connectivity index (χ0n) is 11.8. The molecule has 2 nitrogen and oxygen atoms in total. The van der Waals surface area contributed by atoms with Crippen LogP contribution in [0.4, 0.5) is 0 Å². The topological polar surface area (TPSA) is 15.3 Å². The van der Waals surface area contributed by atoms with Crippen LogP contribution in [0.1, 0.15) is 18.0 Å². The first-order valence-electron chi connectivity index (χ1n) is 7.48. The van der Waals surface area contributed by atoms with Gasteiger partial charge in [-0.2, -0.15) is 0 Å². The summed E-state index contributed by atoms with van der Waals surface area (Å²) in [6.07, 6.45) is 12.2. The van der Waals surface area contributed by atoms with Gasteiger partial charge in [-0.15, -0.1) is 0 Å². The van der Waals surface area contributed by atoms with E-state index in [1.807, 2.05) is 0 Å². The van der Waals surface area contributed by atoms with Crippen LogP contribution in [0.15, 0.2) is 66.3 Å². The predicted octanol–water partition coefficient (Wildman–Crippen LogP) is 3.08. The highest BCUT2D eigenvalue weighted by molar-refractivity contribution is 5.37. The van der Waals surface area contributed by atoms with Gasteiger partial charge in [0.05, 0.1) is 6.04 Å². The quantitative estimate of drug-likeness (QED) is 0.904. The normalized spacial score (nSPS) is 21.3. The van der Waals surface area contributed by atoms with Gasteiger partial charge in [0.25, 0.3) is 0 Å². The Bertz CT molecular complexity index is 507. The minimum atomic E-state index is 0.384. The second kappa shape index (κ2) is 6.69. The average Bonchev–Trinajstić information content (AvgIpc) is 2.79. The summed E-state index contributed by atoms with van der Waals surface area (Å²) in [6.45, 7) is 4.38. The summed E-state index contributed by atoms with van der Waals surface area (Å²) in [5.41, 5.74) is 2.82. The van der Waals surface area contributed by atoms with Crippen molar-refractivity contribution in [3.63, 3.8) is 0 Å². The molecule has 0 saturated carbocycles. The number of rotatable bonds is 3. The van der Waals surface area contributed by atoms with Gasteiger partial charge in [-0.25, -0.2) is 0 Å². The number of nitrogens with zero attached hydrogens (tertiary/aromatic N) is 1. The van der Waals surface area contributed by atoms with E-state index in [0.29, 0.717) is 6.04 Å². The molecular weight excluding hydrogens is 244 g/mol. The third-order valence-corrected chi connectivity index (χ3v) is 3.97. The van der Waals surface area contributed by atoms with Crippen LogP contribution in [-0.4, -0.2) is 31.1 Å². The van der Waals surface area contributed by atoms with E-state index in [-0.39, 0.29) is 0 Å². The molecule has 0 bridgehead atoms. The lowest BCUT2D eigenvalue weighted by molar-refractivity contribution is 0.198. The van der Waals surface area contributed by atoms with Crippen molar-refractivity contribution >= 4 is 0 Å². The molecule has 1 fully saturated rings. The van der Waals surface area contributed by atoms with E-state index in [0.717, 1.165) is 32.6 Å². The number of hydrogen-bond acceptors (Lipinski definition) is 2. The number of piperazine rings is 1. The second-order valence-corrected chi connectivity index (χ2v) is 5.33. The monoisotopic (exact) mass is 266 g/mol. The highest BCUT2D eigenvalue weighted by atomic mass is 15.2. The first-order chi connectivity index (χ1) is 9.95. The summed E-state index contributed by atoms with van der Waals surface area (Å²) >= 11 is 0. The van der Waals surface area contributed by atoms with E-state index in [2.05, 4.69) is 70.9 Å². The lowest BCUT2D eigenvalue weighted by atomic mass is 9.95. The molecule has 2 heteroatoms. The van der Waals surface area contributed by atoms with Crippen LogP contribution in [0.25, 0.3) is 0 Å². The minimum Gasteiger partial charge on any atom is -0.314 e. The molecule has 0 amide bonds. The van der Waals surface area contributed by atoms with E-state index in [4.69, 9.17) is 0 Å². The van der Waals surface area contributed by atoms with Crippen LogP contribution >= 0.6 is 0 Å². The van der Waals surface area contributed by atoms with Crippen molar-refractivity contribution in [2.75, 3.05) is 26.2 Å². The summed E-state index contributed by atoms with van der Waals surface area (Å²) in [7, 11) is 0. The van der Waals surface area contributed by atoms with Gasteiger partial charge in [-0.1, -0.05) is 60.7 Å². The minimum absolute atomic E-state index is 0.384. The molecule has 0 aromatic heterocycles. The Morgan fingerprint density at radius 3 is 2.60 bits per heavy atom.